The highest BCUT2D eigenvalue weighted by Crippen LogP contribution is 2.35. The lowest BCUT2D eigenvalue weighted by Crippen LogP contribution is -2.47. The molecule has 3 rings (SSSR count). The summed E-state index contributed by atoms with van der Waals surface area (Å²) in [5, 5.41) is 11.6. The van der Waals surface area contributed by atoms with Crippen LogP contribution in [-0.2, 0) is 11.0 Å². The number of rotatable bonds is 5. The van der Waals surface area contributed by atoms with Crippen LogP contribution in [0.4, 0.5) is 24.5 Å². The molecule has 1 saturated heterocycles. The molecule has 0 aromatic heterocycles. The van der Waals surface area contributed by atoms with E-state index in [1.54, 1.807) is 0 Å². The summed E-state index contributed by atoms with van der Waals surface area (Å²) in [5.74, 6) is -1.21. The molecule has 0 bridgehead atoms. The second-order valence-electron chi connectivity index (χ2n) is 6.88. The summed E-state index contributed by atoms with van der Waals surface area (Å²) in [6.07, 6.45) is -3.94. The minimum absolute atomic E-state index is 0.116. The second-order valence-corrected chi connectivity index (χ2v) is 7.73. The molecule has 0 aliphatic carbocycles. The number of carbonyl (C=O) groups excluding carboxylic acids is 2. The summed E-state index contributed by atoms with van der Waals surface area (Å²) in [6, 6.07) is 5.27. The first kappa shape index (κ1) is 23.6. The molecule has 0 saturated carbocycles. The molecule has 13 heteroatoms. The van der Waals surface area contributed by atoms with E-state index in [4.69, 9.17) is 23.2 Å². The van der Waals surface area contributed by atoms with Crippen molar-refractivity contribution in [2.75, 3.05) is 12.0 Å². The molecule has 1 unspecified atom stereocenters. The molecule has 1 aliphatic heterocycles. The highest BCUT2D eigenvalue weighted by Gasteiger charge is 2.36. The third-order valence-electron chi connectivity index (χ3n) is 4.82. The number of nitro benzene ring substituents is 1. The average molecular weight is 491 g/mol. The van der Waals surface area contributed by atoms with Crippen LogP contribution in [0.2, 0.25) is 10.0 Å². The molecule has 2 N–H and O–H groups in total. The number of hydrazine groups is 1. The molecular weight excluding hydrogens is 476 g/mol. The first-order chi connectivity index (χ1) is 15.0. The summed E-state index contributed by atoms with van der Waals surface area (Å²) in [5.41, 5.74) is 2.21. The van der Waals surface area contributed by atoms with Crippen LogP contribution in [0.1, 0.15) is 28.8 Å². The van der Waals surface area contributed by atoms with Crippen molar-refractivity contribution in [2.24, 2.45) is 0 Å². The molecule has 8 nitrogen and oxygen atoms in total. The van der Waals surface area contributed by atoms with Crippen LogP contribution in [0.3, 0.4) is 0 Å². The molecule has 2 aromatic rings. The Hall–Kier alpha value is -3.05. The fraction of sp³-hybridized carbons (Fsp3) is 0.263. The van der Waals surface area contributed by atoms with E-state index >= 15 is 0 Å². The number of likely N-dealkylation sites (tertiary alicyclic amines) is 1. The molecule has 170 valence electrons. The van der Waals surface area contributed by atoms with Crippen LogP contribution < -0.4 is 10.9 Å². The van der Waals surface area contributed by atoms with Gasteiger partial charge >= 0.3 is 6.18 Å². The number of nitrogens with zero attached hydrogens (tertiary/aromatic N) is 2. The Kier molecular flexibility index (Phi) is 6.79. The third kappa shape index (κ3) is 5.05. The molecule has 2 aromatic carbocycles. The number of hydrogen-bond donors (Lipinski definition) is 2. The fourth-order valence-corrected chi connectivity index (χ4v) is 3.65. The average Bonchev–Trinajstić information content (AvgIpc) is 3.22. The van der Waals surface area contributed by atoms with Crippen molar-refractivity contribution in [3.05, 3.63) is 67.7 Å². The molecule has 1 atom stereocenters. The Bertz CT molecular complexity index is 1080. The molecule has 0 radical (unpaired) electrons. The van der Waals surface area contributed by atoms with Crippen molar-refractivity contribution < 1.29 is 27.7 Å². The van der Waals surface area contributed by atoms with E-state index in [9.17, 15) is 32.9 Å². The molecule has 1 aliphatic rings. The Balaban J connectivity index is 1.75. The SMILES string of the molecule is O=C(NNc1ccc(C(F)(F)F)cc1[N+](=O)[O-])C1CCCN1C(=O)c1cc(Cl)ccc1Cl. The van der Waals surface area contributed by atoms with Gasteiger partial charge in [-0.15, -0.1) is 0 Å². The van der Waals surface area contributed by atoms with Gasteiger partial charge in [0.05, 0.1) is 21.1 Å². The zero-order chi connectivity index (χ0) is 23.6. The van der Waals surface area contributed by atoms with Gasteiger partial charge in [0, 0.05) is 17.6 Å². The molecule has 2 amide bonds. The van der Waals surface area contributed by atoms with Gasteiger partial charge in [0.25, 0.3) is 17.5 Å². The predicted octanol–water partition coefficient (Wildman–Crippen LogP) is 4.67. The van der Waals surface area contributed by atoms with Crippen LogP contribution in [0.25, 0.3) is 0 Å². The molecule has 0 spiro atoms. The maximum absolute atomic E-state index is 12.9. The van der Waals surface area contributed by atoms with Crippen LogP contribution >= 0.6 is 23.2 Å². The normalized spacial score (nSPS) is 16.0. The van der Waals surface area contributed by atoms with Gasteiger partial charge in [-0.2, -0.15) is 13.2 Å². The van der Waals surface area contributed by atoms with Gasteiger partial charge in [-0.05, 0) is 43.2 Å². The molecule has 1 heterocycles. The van der Waals surface area contributed by atoms with Crippen molar-refractivity contribution in [1.29, 1.82) is 0 Å². The molecular formula is C19H15Cl2F3N4O4. The van der Waals surface area contributed by atoms with E-state index in [1.165, 1.54) is 23.1 Å². The van der Waals surface area contributed by atoms with E-state index in [-0.39, 0.29) is 27.8 Å². The number of carbonyl (C=O) groups is 2. The number of hydrogen-bond acceptors (Lipinski definition) is 5. The van der Waals surface area contributed by atoms with Crippen molar-refractivity contribution in [3.8, 4) is 0 Å². The summed E-state index contributed by atoms with van der Waals surface area (Å²) in [7, 11) is 0. The maximum atomic E-state index is 12.9. The number of halogens is 5. The smallest absolute Gasteiger partial charge is 0.327 e. The van der Waals surface area contributed by atoms with E-state index in [2.05, 4.69) is 10.9 Å². The van der Waals surface area contributed by atoms with Crippen molar-refractivity contribution in [2.45, 2.75) is 25.1 Å². The quantitative estimate of drug-likeness (QED) is 0.468. The van der Waals surface area contributed by atoms with Crippen molar-refractivity contribution in [3.63, 3.8) is 0 Å². The van der Waals surface area contributed by atoms with Gasteiger partial charge in [0.1, 0.15) is 11.7 Å². The largest absolute Gasteiger partial charge is 0.416 e. The van der Waals surface area contributed by atoms with Crippen molar-refractivity contribution in [1.82, 2.24) is 10.3 Å². The number of amides is 2. The number of nitro groups is 1. The number of anilines is 1. The predicted molar refractivity (Wildman–Crippen MR) is 110 cm³/mol. The first-order valence-corrected chi connectivity index (χ1v) is 9.92. The maximum Gasteiger partial charge on any atom is 0.416 e. The lowest BCUT2D eigenvalue weighted by atomic mass is 10.1. The van der Waals surface area contributed by atoms with Gasteiger partial charge in [-0.3, -0.25) is 30.6 Å². The standard InChI is InChI=1S/C19H15Cl2F3N4O4/c20-11-4-5-13(21)12(9-11)18(30)27-7-1-2-15(27)17(29)26-25-14-6-3-10(19(22,23)24)8-16(14)28(31)32/h3-6,8-9,15,25H,1-2,7H2,(H,26,29). The fourth-order valence-electron chi connectivity index (χ4n) is 3.28. The second kappa shape index (κ2) is 9.21. The Morgan fingerprint density at radius 1 is 1.16 bits per heavy atom. The lowest BCUT2D eigenvalue weighted by Gasteiger charge is -2.24. The summed E-state index contributed by atoms with van der Waals surface area (Å²) >= 11 is 12.0. The number of nitrogens with one attached hydrogen (secondary N) is 2. The summed E-state index contributed by atoms with van der Waals surface area (Å²) < 4.78 is 38.5. The lowest BCUT2D eigenvalue weighted by molar-refractivity contribution is -0.384. The minimum Gasteiger partial charge on any atom is -0.327 e. The van der Waals surface area contributed by atoms with Gasteiger partial charge in [0.15, 0.2) is 0 Å². The van der Waals surface area contributed by atoms with Crippen LogP contribution in [-0.4, -0.2) is 34.2 Å². The minimum atomic E-state index is -4.77. The zero-order valence-electron chi connectivity index (χ0n) is 16.1. The Morgan fingerprint density at radius 3 is 2.53 bits per heavy atom. The van der Waals surface area contributed by atoms with Crippen LogP contribution in [0, 0.1) is 10.1 Å². The highest BCUT2D eigenvalue weighted by molar-refractivity contribution is 6.35. The highest BCUT2D eigenvalue weighted by atomic mass is 35.5. The number of benzene rings is 2. The Labute approximate surface area is 189 Å². The van der Waals surface area contributed by atoms with Crippen molar-refractivity contribution >= 4 is 46.4 Å². The van der Waals surface area contributed by atoms with E-state index in [1.807, 2.05) is 0 Å². The Morgan fingerprint density at radius 2 is 1.88 bits per heavy atom. The monoisotopic (exact) mass is 490 g/mol. The van der Waals surface area contributed by atoms with Gasteiger partial charge in [-0.1, -0.05) is 23.2 Å². The summed E-state index contributed by atoms with van der Waals surface area (Å²) in [4.78, 5) is 37.0. The molecule has 1 fully saturated rings. The molecule has 32 heavy (non-hydrogen) atoms. The third-order valence-corrected chi connectivity index (χ3v) is 5.38. The first-order valence-electron chi connectivity index (χ1n) is 9.16. The van der Waals surface area contributed by atoms with Crippen LogP contribution in [0.5, 0.6) is 0 Å². The van der Waals surface area contributed by atoms with E-state index in [0.717, 1.165) is 6.07 Å². The van der Waals surface area contributed by atoms with Gasteiger partial charge < -0.3 is 4.90 Å². The van der Waals surface area contributed by atoms with Crippen LogP contribution in [0.15, 0.2) is 36.4 Å². The van der Waals surface area contributed by atoms with E-state index < -0.39 is 40.2 Å². The number of alkyl halides is 3. The van der Waals surface area contributed by atoms with E-state index in [0.29, 0.717) is 25.0 Å². The topological polar surface area (TPSA) is 105 Å². The van der Waals surface area contributed by atoms with Gasteiger partial charge in [0.2, 0.25) is 0 Å². The zero-order valence-corrected chi connectivity index (χ0v) is 17.6. The van der Waals surface area contributed by atoms with Gasteiger partial charge in [-0.25, -0.2) is 0 Å². The summed E-state index contributed by atoms with van der Waals surface area (Å²) in [6.45, 7) is 0.264.